The molecule has 1 aromatic heterocycles. The minimum Gasteiger partial charge on any atom is -0.497 e. The third-order valence-corrected chi connectivity index (χ3v) is 5.06. The van der Waals surface area contributed by atoms with E-state index < -0.39 is 0 Å². The van der Waals surface area contributed by atoms with Gasteiger partial charge in [-0.15, -0.1) is 5.10 Å². The summed E-state index contributed by atoms with van der Waals surface area (Å²) in [6.45, 7) is 0. The normalized spacial score (nSPS) is 10.8. The molecular formula is C20H17N5O2S. The van der Waals surface area contributed by atoms with Crippen molar-refractivity contribution in [3.63, 3.8) is 0 Å². The molecule has 0 unspecified atom stereocenters. The van der Waals surface area contributed by atoms with Crippen LogP contribution in [0, 0.1) is 0 Å². The first kappa shape index (κ1) is 18.0. The Balaban J connectivity index is 1.48. The monoisotopic (exact) mass is 391 g/mol. The van der Waals surface area contributed by atoms with Crippen LogP contribution >= 0.6 is 11.8 Å². The summed E-state index contributed by atoms with van der Waals surface area (Å²) in [6, 6.07) is 21.2. The number of hydrogen-bond acceptors (Lipinski definition) is 6. The Morgan fingerprint density at radius 1 is 1.07 bits per heavy atom. The first-order chi connectivity index (χ1) is 13.7. The molecule has 1 heterocycles. The van der Waals surface area contributed by atoms with Crippen molar-refractivity contribution in [2.45, 2.75) is 5.16 Å². The molecule has 4 rings (SSSR count). The topological polar surface area (TPSA) is 81.9 Å². The second-order valence-corrected chi connectivity index (χ2v) is 6.88. The number of carbonyl (C=O) groups excluding carboxylic acids is 1. The van der Waals surface area contributed by atoms with Crippen LogP contribution in [0.15, 0.2) is 71.9 Å². The minimum atomic E-state index is -0.136. The number of rotatable bonds is 6. The zero-order chi connectivity index (χ0) is 19.3. The number of amides is 1. The summed E-state index contributed by atoms with van der Waals surface area (Å²) in [5.74, 6) is 0.793. The standard InChI is InChI=1S/C20H17N5O2S/c1-27-16-11-9-15(10-12-16)21-19(26)13-28-20-22-23-24-25(20)18-8-4-6-14-5-2-3-7-17(14)18/h2-12H,13H2,1H3,(H,21,26). The van der Waals surface area contributed by atoms with Gasteiger partial charge in [-0.25, -0.2) is 0 Å². The lowest BCUT2D eigenvalue weighted by Gasteiger charge is -2.08. The molecular weight excluding hydrogens is 374 g/mol. The number of nitrogens with one attached hydrogen (secondary N) is 1. The fourth-order valence-corrected chi connectivity index (χ4v) is 3.50. The molecule has 0 aliphatic carbocycles. The molecule has 0 spiro atoms. The summed E-state index contributed by atoms with van der Waals surface area (Å²) in [5, 5.41) is 17.5. The number of carbonyl (C=O) groups is 1. The Hall–Kier alpha value is -3.39. The van der Waals surface area contributed by atoms with Crippen molar-refractivity contribution in [1.82, 2.24) is 20.2 Å². The van der Waals surface area contributed by atoms with Crippen LogP contribution in [-0.2, 0) is 4.79 Å². The molecule has 0 bridgehead atoms. The number of tetrazole rings is 1. The fraction of sp³-hybridized carbons (Fsp3) is 0.100. The number of thioether (sulfide) groups is 1. The highest BCUT2D eigenvalue weighted by Crippen LogP contribution is 2.25. The maximum atomic E-state index is 12.3. The van der Waals surface area contributed by atoms with E-state index >= 15 is 0 Å². The molecule has 7 nitrogen and oxygen atoms in total. The van der Waals surface area contributed by atoms with E-state index in [4.69, 9.17) is 4.74 Å². The molecule has 1 amide bonds. The zero-order valence-electron chi connectivity index (χ0n) is 15.1. The first-order valence-electron chi connectivity index (χ1n) is 8.58. The number of aromatic nitrogens is 4. The SMILES string of the molecule is COc1ccc(NC(=O)CSc2nnnn2-c2cccc3ccccc23)cc1. The summed E-state index contributed by atoms with van der Waals surface area (Å²) < 4.78 is 6.77. The van der Waals surface area contributed by atoms with Crippen molar-refractivity contribution in [3.05, 3.63) is 66.7 Å². The number of ether oxygens (including phenoxy) is 1. The van der Waals surface area contributed by atoms with Crippen molar-refractivity contribution < 1.29 is 9.53 Å². The Labute approximate surface area is 165 Å². The Kier molecular flexibility index (Phi) is 5.20. The van der Waals surface area contributed by atoms with Crippen molar-refractivity contribution in [3.8, 4) is 11.4 Å². The van der Waals surface area contributed by atoms with Crippen molar-refractivity contribution in [1.29, 1.82) is 0 Å². The van der Waals surface area contributed by atoms with Crippen molar-refractivity contribution in [2.75, 3.05) is 18.2 Å². The molecule has 4 aromatic rings. The highest BCUT2D eigenvalue weighted by Gasteiger charge is 2.13. The third kappa shape index (κ3) is 3.81. The van der Waals surface area contributed by atoms with E-state index in [0.717, 1.165) is 22.2 Å². The molecule has 0 atom stereocenters. The minimum absolute atomic E-state index is 0.136. The van der Waals surface area contributed by atoms with E-state index in [9.17, 15) is 4.79 Å². The average molecular weight is 391 g/mol. The van der Waals surface area contributed by atoms with Gasteiger partial charge in [0, 0.05) is 11.1 Å². The number of benzene rings is 3. The number of nitrogens with zero attached hydrogens (tertiary/aromatic N) is 4. The number of fused-ring (bicyclic) bond motifs is 1. The van der Waals surface area contributed by atoms with Gasteiger partial charge in [-0.3, -0.25) is 4.79 Å². The lowest BCUT2D eigenvalue weighted by molar-refractivity contribution is -0.113. The third-order valence-electron chi connectivity index (χ3n) is 4.14. The van der Waals surface area contributed by atoms with Gasteiger partial charge in [0.1, 0.15) is 5.75 Å². The van der Waals surface area contributed by atoms with Gasteiger partial charge >= 0.3 is 0 Å². The zero-order valence-corrected chi connectivity index (χ0v) is 15.9. The number of anilines is 1. The molecule has 0 fully saturated rings. The second kappa shape index (κ2) is 8.10. The van der Waals surface area contributed by atoms with Crippen LogP contribution in [0.1, 0.15) is 0 Å². The average Bonchev–Trinajstić information content (AvgIpc) is 3.21. The molecule has 8 heteroatoms. The molecule has 1 N–H and O–H groups in total. The highest BCUT2D eigenvalue weighted by molar-refractivity contribution is 7.99. The second-order valence-electron chi connectivity index (χ2n) is 5.94. The van der Waals surface area contributed by atoms with Gasteiger partial charge in [0.15, 0.2) is 0 Å². The fourth-order valence-electron chi connectivity index (χ4n) is 2.81. The maximum Gasteiger partial charge on any atom is 0.234 e. The molecule has 0 aliphatic heterocycles. The predicted octanol–water partition coefficient (Wildman–Crippen LogP) is 3.55. The quantitative estimate of drug-likeness (QED) is 0.506. The lowest BCUT2D eigenvalue weighted by atomic mass is 10.1. The highest BCUT2D eigenvalue weighted by atomic mass is 32.2. The van der Waals surface area contributed by atoms with Crippen LogP contribution in [-0.4, -0.2) is 39.0 Å². The van der Waals surface area contributed by atoms with Gasteiger partial charge in [0.05, 0.1) is 18.6 Å². The summed E-state index contributed by atoms with van der Waals surface area (Å²) in [6.07, 6.45) is 0. The molecule has 0 radical (unpaired) electrons. The van der Waals surface area contributed by atoms with Crippen LogP contribution in [0.3, 0.4) is 0 Å². The number of methoxy groups -OCH3 is 1. The largest absolute Gasteiger partial charge is 0.497 e. The Morgan fingerprint density at radius 2 is 1.86 bits per heavy atom. The molecule has 28 heavy (non-hydrogen) atoms. The van der Waals surface area contributed by atoms with E-state index in [1.807, 2.05) is 42.5 Å². The summed E-state index contributed by atoms with van der Waals surface area (Å²) in [5.41, 5.74) is 1.58. The van der Waals surface area contributed by atoms with Gasteiger partial charge < -0.3 is 10.1 Å². The molecule has 0 saturated heterocycles. The summed E-state index contributed by atoms with van der Waals surface area (Å²) in [4.78, 5) is 12.3. The van der Waals surface area contributed by atoms with Gasteiger partial charge in [-0.05, 0) is 46.1 Å². The van der Waals surface area contributed by atoms with Crippen LogP contribution in [0.5, 0.6) is 5.75 Å². The van der Waals surface area contributed by atoms with Gasteiger partial charge in [0.25, 0.3) is 0 Å². The predicted molar refractivity (Wildman–Crippen MR) is 109 cm³/mol. The van der Waals surface area contributed by atoms with Gasteiger partial charge in [-0.2, -0.15) is 4.68 Å². The van der Waals surface area contributed by atoms with Crippen molar-refractivity contribution >= 4 is 34.1 Å². The van der Waals surface area contributed by atoms with E-state index in [-0.39, 0.29) is 11.7 Å². The van der Waals surface area contributed by atoms with Crippen LogP contribution in [0.2, 0.25) is 0 Å². The van der Waals surface area contributed by atoms with E-state index in [1.54, 1.807) is 36.1 Å². The molecule has 0 aliphatic rings. The van der Waals surface area contributed by atoms with E-state index in [2.05, 4.69) is 20.8 Å². The molecule has 3 aromatic carbocycles. The molecule has 140 valence electrons. The van der Waals surface area contributed by atoms with Crippen LogP contribution in [0.25, 0.3) is 16.5 Å². The Bertz CT molecular complexity index is 1110. The van der Waals surface area contributed by atoms with Gasteiger partial charge in [-0.1, -0.05) is 48.2 Å². The van der Waals surface area contributed by atoms with Crippen LogP contribution in [0.4, 0.5) is 5.69 Å². The Morgan fingerprint density at radius 3 is 2.68 bits per heavy atom. The first-order valence-corrected chi connectivity index (χ1v) is 9.56. The summed E-state index contributed by atoms with van der Waals surface area (Å²) in [7, 11) is 1.60. The van der Waals surface area contributed by atoms with Crippen molar-refractivity contribution in [2.24, 2.45) is 0 Å². The van der Waals surface area contributed by atoms with E-state index in [1.165, 1.54) is 11.8 Å². The van der Waals surface area contributed by atoms with Gasteiger partial charge in [0.2, 0.25) is 11.1 Å². The van der Waals surface area contributed by atoms with E-state index in [0.29, 0.717) is 10.8 Å². The molecule has 0 saturated carbocycles. The lowest BCUT2D eigenvalue weighted by Crippen LogP contribution is -2.14. The maximum absolute atomic E-state index is 12.3. The number of hydrogen-bond donors (Lipinski definition) is 1. The van der Waals surface area contributed by atoms with Crippen LogP contribution < -0.4 is 10.1 Å². The smallest absolute Gasteiger partial charge is 0.234 e. The summed E-state index contributed by atoms with van der Waals surface area (Å²) >= 11 is 1.28.